The number of nitrogens with zero attached hydrogens (tertiary/aromatic N) is 1. The number of benzene rings is 5. The van der Waals surface area contributed by atoms with Crippen molar-refractivity contribution in [2.24, 2.45) is 0 Å². The second-order valence-electron chi connectivity index (χ2n) is 9.71. The molecule has 1 amide bonds. The van der Waals surface area contributed by atoms with Crippen LogP contribution in [0.4, 0.5) is 0 Å². The van der Waals surface area contributed by atoms with Gasteiger partial charge in [-0.15, -0.1) is 0 Å². The molecule has 0 saturated carbocycles. The van der Waals surface area contributed by atoms with E-state index in [1.807, 2.05) is 138 Å². The second-order valence-corrected chi connectivity index (χ2v) is 9.71. The van der Waals surface area contributed by atoms with Crippen molar-refractivity contribution in [2.75, 3.05) is 0 Å². The third-order valence-electron chi connectivity index (χ3n) is 6.97. The quantitative estimate of drug-likeness (QED) is 0.179. The summed E-state index contributed by atoms with van der Waals surface area (Å²) in [4.78, 5) is 28.8. The molecule has 3 heteroatoms. The highest BCUT2D eigenvalue weighted by Gasteiger charge is 2.21. The van der Waals surface area contributed by atoms with E-state index in [1.165, 1.54) is 0 Å². The van der Waals surface area contributed by atoms with Crippen molar-refractivity contribution in [3.63, 3.8) is 0 Å². The summed E-state index contributed by atoms with van der Waals surface area (Å²) >= 11 is 0. The molecule has 0 radical (unpaired) electrons. The Morgan fingerprint density at radius 3 is 1.44 bits per heavy atom. The molecule has 0 saturated heterocycles. The third-order valence-corrected chi connectivity index (χ3v) is 6.97. The Morgan fingerprint density at radius 2 is 0.923 bits per heavy atom. The molecule has 0 aliphatic carbocycles. The van der Waals surface area contributed by atoms with Gasteiger partial charge in [0.2, 0.25) is 0 Å². The molecule has 0 heterocycles. The van der Waals surface area contributed by atoms with Gasteiger partial charge in [0.1, 0.15) is 0 Å². The zero-order valence-corrected chi connectivity index (χ0v) is 21.8. The van der Waals surface area contributed by atoms with Gasteiger partial charge < -0.3 is 4.90 Å². The van der Waals surface area contributed by atoms with Gasteiger partial charge in [-0.05, 0) is 34.4 Å². The molecule has 0 aliphatic heterocycles. The van der Waals surface area contributed by atoms with Crippen LogP contribution in [0.3, 0.4) is 0 Å². The van der Waals surface area contributed by atoms with Crippen LogP contribution < -0.4 is 0 Å². The molecule has 0 spiro atoms. The Morgan fingerprint density at radius 1 is 0.487 bits per heavy atom. The Balaban J connectivity index is 1.40. The normalized spacial score (nSPS) is 11.5. The zero-order chi connectivity index (χ0) is 26.9. The number of amides is 1. The van der Waals surface area contributed by atoms with Crippen molar-refractivity contribution in [3.8, 4) is 0 Å². The van der Waals surface area contributed by atoms with Gasteiger partial charge in [-0.1, -0.05) is 133 Å². The molecule has 192 valence electrons. The molecule has 39 heavy (non-hydrogen) atoms. The van der Waals surface area contributed by atoms with Crippen LogP contribution in [-0.2, 0) is 13.1 Å². The average Bonchev–Trinajstić information content (AvgIpc) is 3.01. The number of carbonyl (C=O) groups excluding carboxylic acids is 2. The van der Waals surface area contributed by atoms with Crippen LogP contribution in [0.5, 0.6) is 0 Å². The first-order valence-corrected chi connectivity index (χ1v) is 13.3. The van der Waals surface area contributed by atoms with Crippen LogP contribution in [0.15, 0.2) is 146 Å². The van der Waals surface area contributed by atoms with Gasteiger partial charge in [-0.2, -0.15) is 0 Å². The minimum Gasteiger partial charge on any atom is -0.330 e. The number of hydrogen-bond donors (Lipinski definition) is 0. The van der Waals surface area contributed by atoms with E-state index in [-0.39, 0.29) is 17.6 Å². The standard InChI is InChI=1S/C36H31NO2/c38-35(32-19-11-4-12-20-32)25-34(30-17-9-3-10-18-30)31-21-23-33(24-22-31)36(39)37(26-28-13-5-1-6-14-28)27-29-15-7-2-8-16-29/h1-24,34H,25-27H2. The lowest BCUT2D eigenvalue weighted by molar-refractivity contribution is 0.0729. The fourth-order valence-corrected chi connectivity index (χ4v) is 4.89. The van der Waals surface area contributed by atoms with Crippen molar-refractivity contribution in [1.82, 2.24) is 4.90 Å². The highest BCUT2D eigenvalue weighted by molar-refractivity contribution is 5.97. The van der Waals surface area contributed by atoms with E-state index in [9.17, 15) is 9.59 Å². The molecule has 1 atom stereocenters. The molecule has 1 unspecified atom stereocenters. The van der Waals surface area contributed by atoms with E-state index < -0.39 is 0 Å². The second kappa shape index (κ2) is 12.7. The predicted octanol–water partition coefficient (Wildman–Crippen LogP) is 7.93. The van der Waals surface area contributed by atoms with Gasteiger partial charge in [0, 0.05) is 36.6 Å². The molecule has 0 aromatic heterocycles. The SMILES string of the molecule is O=C(CC(c1ccccc1)c1ccc(C(=O)N(Cc2ccccc2)Cc2ccccc2)cc1)c1ccccc1. The molecule has 5 rings (SSSR count). The zero-order valence-electron chi connectivity index (χ0n) is 21.8. The lowest BCUT2D eigenvalue weighted by atomic mass is 9.85. The number of hydrogen-bond acceptors (Lipinski definition) is 2. The minimum atomic E-state index is -0.104. The topological polar surface area (TPSA) is 37.4 Å². The average molecular weight is 510 g/mol. The lowest BCUT2D eigenvalue weighted by Crippen LogP contribution is -2.30. The number of ketones is 1. The third kappa shape index (κ3) is 6.77. The Bertz CT molecular complexity index is 1440. The van der Waals surface area contributed by atoms with Crippen molar-refractivity contribution in [2.45, 2.75) is 25.4 Å². The van der Waals surface area contributed by atoms with Crippen LogP contribution in [-0.4, -0.2) is 16.6 Å². The summed E-state index contributed by atoms with van der Waals surface area (Å²) in [6.07, 6.45) is 0.357. The van der Waals surface area contributed by atoms with E-state index in [4.69, 9.17) is 0 Å². The van der Waals surface area contributed by atoms with Gasteiger partial charge in [0.25, 0.3) is 5.91 Å². The molecule has 3 nitrogen and oxygen atoms in total. The first-order chi connectivity index (χ1) is 19.2. The summed E-state index contributed by atoms with van der Waals surface area (Å²) in [6.45, 7) is 1.04. The van der Waals surface area contributed by atoms with Gasteiger partial charge >= 0.3 is 0 Å². The Labute approximate surface area is 230 Å². The fourth-order valence-electron chi connectivity index (χ4n) is 4.89. The van der Waals surface area contributed by atoms with Crippen LogP contribution in [0.1, 0.15) is 55.3 Å². The maximum absolute atomic E-state index is 13.7. The summed E-state index contributed by atoms with van der Waals surface area (Å²) in [5.41, 5.74) is 5.61. The van der Waals surface area contributed by atoms with E-state index in [1.54, 1.807) is 0 Å². The number of carbonyl (C=O) groups is 2. The molecule has 0 fully saturated rings. The van der Waals surface area contributed by atoms with Crippen LogP contribution in [0, 0.1) is 0 Å². The van der Waals surface area contributed by atoms with Crippen molar-refractivity contribution in [3.05, 3.63) is 179 Å². The van der Waals surface area contributed by atoms with Crippen LogP contribution in [0.25, 0.3) is 0 Å². The summed E-state index contributed by atoms with van der Waals surface area (Å²) in [7, 11) is 0. The molecule has 5 aromatic carbocycles. The first-order valence-electron chi connectivity index (χ1n) is 13.3. The molecule has 5 aromatic rings. The largest absolute Gasteiger partial charge is 0.330 e. The molecule has 0 aliphatic rings. The van der Waals surface area contributed by atoms with E-state index >= 15 is 0 Å². The van der Waals surface area contributed by atoms with Crippen LogP contribution >= 0.6 is 0 Å². The summed E-state index contributed by atoms with van der Waals surface area (Å²) < 4.78 is 0. The summed E-state index contributed by atoms with van der Waals surface area (Å²) in [5, 5.41) is 0. The van der Waals surface area contributed by atoms with Gasteiger partial charge in [0.05, 0.1) is 0 Å². The lowest BCUT2D eigenvalue weighted by Gasteiger charge is -2.24. The highest BCUT2D eigenvalue weighted by atomic mass is 16.2. The monoisotopic (exact) mass is 509 g/mol. The highest BCUT2D eigenvalue weighted by Crippen LogP contribution is 2.30. The Hall–Kier alpha value is -4.76. The summed E-state index contributed by atoms with van der Waals surface area (Å²) in [6, 6.07) is 47.4. The predicted molar refractivity (Wildman–Crippen MR) is 157 cm³/mol. The molecular weight excluding hydrogens is 478 g/mol. The van der Waals surface area contributed by atoms with Crippen molar-refractivity contribution >= 4 is 11.7 Å². The van der Waals surface area contributed by atoms with Crippen LogP contribution in [0.2, 0.25) is 0 Å². The van der Waals surface area contributed by atoms with Gasteiger partial charge in [0.15, 0.2) is 5.78 Å². The van der Waals surface area contributed by atoms with E-state index in [2.05, 4.69) is 12.1 Å². The van der Waals surface area contributed by atoms with Gasteiger partial charge in [-0.25, -0.2) is 0 Å². The van der Waals surface area contributed by atoms with Gasteiger partial charge in [-0.3, -0.25) is 9.59 Å². The summed E-state index contributed by atoms with van der Waals surface area (Å²) in [5.74, 6) is -0.0276. The Kier molecular flexibility index (Phi) is 8.40. The molecular formula is C36H31NO2. The minimum absolute atomic E-state index is 0.0223. The molecule has 0 N–H and O–H groups in total. The van der Waals surface area contributed by atoms with E-state index in [0.29, 0.717) is 30.6 Å². The van der Waals surface area contributed by atoms with Crippen molar-refractivity contribution in [1.29, 1.82) is 0 Å². The number of Topliss-reactive ketones (excluding diaryl/α,β-unsaturated/α-hetero) is 1. The fraction of sp³-hybridized carbons (Fsp3) is 0.111. The molecule has 0 bridgehead atoms. The van der Waals surface area contributed by atoms with Crippen molar-refractivity contribution < 1.29 is 9.59 Å². The maximum Gasteiger partial charge on any atom is 0.254 e. The van der Waals surface area contributed by atoms with E-state index in [0.717, 1.165) is 22.3 Å². The number of rotatable bonds is 10. The smallest absolute Gasteiger partial charge is 0.254 e. The first kappa shape index (κ1) is 25.9. The maximum atomic E-state index is 13.7.